The number of hydrogen-bond donors (Lipinski definition) is 2. The molecule has 1 aromatic carbocycles. The third-order valence-corrected chi connectivity index (χ3v) is 3.42. The second kappa shape index (κ2) is 8.91. The van der Waals surface area contributed by atoms with Gasteiger partial charge in [-0.25, -0.2) is 9.97 Å². The fraction of sp³-hybridized carbons (Fsp3) is 0.333. The van der Waals surface area contributed by atoms with Gasteiger partial charge in [-0.05, 0) is 33.2 Å². The molecule has 0 spiro atoms. The molecule has 138 valence electrons. The number of hydrogen-bond acceptors (Lipinski definition) is 6. The molecule has 0 saturated heterocycles. The van der Waals surface area contributed by atoms with Crippen molar-refractivity contribution in [3.05, 3.63) is 36.3 Å². The standard InChI is InChI=1S/C18H23N5O3/c1-12(22-18(25)9-23(2)3)10-26-16-7-15-14(8-20-11-21-15)6-13(16)4-5-17(19)24/h4-8,11-12H,9-10H2,1-3H3,(H2,19,24)(H,22,25). The van der Waals surface area contributed by atoms with Crippen LogP contribution in [-0.4, -0.2) is 60.0 Å². The molecule has 0 aliphatic rings. The maximum absolute atomic E-state index is 11.8. The molecular weight excluding hydrogens is 334 g/mol. The van der Waals surface area contributed by atoms with Gasteiger partial charge in [-0.3, -0.25) is 9.59 Å². The number of ether oxygens (including phenoxy) is 1. The largest absolute Gasteiger partial charge is 0.491 e. The van der Waals surface area contributed by atoms with Crippen LogP contribution in [0.15, 0.2) is 30.7 Å². The summed E-state index contributed by atoms with van der Waals surface area (Å²) in [5.41, 5.74) is 6.57. The molecule has 0 aliphatic carbocycles. The summed E-state index contributed by atoms with van der Waals surface area (Å²) in [6.07, 6.45) is 5.98. The van der Waals surface area contributed by atoms with Gasteiger partial charge in [0.2, 0.25) is 11.8 Å². The normalized spacial score (nSPS) is 12.5. The van der Waals surface area contributed by atoms with E-state index in [-0.39, 0.29) is 18.6 Å². The molecule has 0 bridgehead atoms. The van der Waals surface area contributed by atoms with Crippen LogP contribution in [0.4, 0.5) is 0 Å². The SMILES string of the molecule is CC(COc1cc2ncncc2cc1C=CC(N)=O)NC(=O)CN(C)C. The Morgan fingerprint density at radius 2 is 2.15 bits per heavy atom. The monoisotopic (exact) mass is 357 g/mol. The van der Waals surface area contributed by atoms with Gasteiger partial charge in [-0.1, -0.05) is 0 Å². The quantitative estimate of drug-likeness (QED) is 0.669. The summed E-state index contributed by atoms with van der Waals surface area (Å²) in [6.45, 7) is 2.44. The van der Waals surface area contributed by atoms with Crippen molar-refractivity contribution in [1.82, 2.24) is 20.2 Å². The molecule has 2 rings (SSSR count). The summed E-state index contributed by atoms with van der Waals surface area (Å²) in [5, 5.41) is 3.68. The Balaban J connectivity index is 2.14. The number of nitrogens with zero attached hydrogens (tertiary/aromatic N) is 3. The van der Waals surface area contributed by atoms with Crippen LogP contribution < -0.4 is 15.8 Å². The second-order valence-corrected chi connectivity index (χ2v) is 6.22. The zero-order valence-corrected chi connectivity index (χ0v) is 15.1. The van der Waals surface area contributed by atoms with Crippen LogP contribution in [0.1, 0.15) is 12.5 Å². The van der Waals surface area contributed by atoms with E-state index in [2.05, 4.69) is 15.3 Å². The number of amides is 2. The van der Waals surface area contributed by atoms with E-state index in [0.717, 1.165) is 10.9 Å². The first-order valence-electron chi connectivity index (χ1n) is 8.13. The van der Waals surface area contributed by atoms with Gasteiger partial charge >= 0.3 is 0 Å². The fourth-order valence-corrected chi connectivity index (χ4v) is 2.32. The van der Waals surface area contributed by atoms with Crippen LogP contribution in [0.2, 0.25) is 0 Å². The lowest BCUT2D eigenvalue weighted by atomic mass is 10.1. The maximum Gasteiger partial charge on any atom is 0.241 e. The molecule has 8 heteroatoms. The highest BCUT2D eigenvalue weighted by atomic mass is 16.5. The molecular formula is C18H23N5O3. The number of fused-ring (bicyclic) bond motifs is 1. The smallest absolute Gasteiger partial charge is 0.241 e. The van der Waals surface area contributed by atoms with Crippen LogP contribution in [0, 0.1) is 0 Å². The molecule has 1 atom stereocenters. The number of carbonyl (C=O) groups excluding carboxylic acids is 2. The van der Waals surface area contributed by atoms with Crippen molar-refractivity contribution in [2.24, 2.45) is 5.73 Å². The van der Waals surface area contributed by atoms with Crippen molar-refractivity contribution in [2.45, 2.75) is 13.0 Å². The van der Waals surface area contributed by atoms with E-state index in [1.54, 1.807) is 23.2 Å². The van der Waals surface area contributed by atoms with Crippen LogP contribution in [0.5, 0.6) is 5.75 Å². The van der Waals surface area contributed by atoms with Crippen LogP contribution in [0.3, 0.4) is 0 Å². The lowest BCUT2D eigenvalue weighted by molar-refractivity contribution is -0.122. The average molecular weight is 357 g/mol. The summed E-state index contributed by atoms with van der Waals surface area (Å²) in [5.74, 6) is -0.0849. The third kappa shape index (κ3) is 5.82. The highest BCUT2D eigenvalue weighted by Gasteiger charge is 2.11. The highest BCUT2D eigenvalue weighted by molar-refractivity contribution is 5.92. The minimum absolute atomic E-state index is 0.0776. The molecule has 1 unspecified atom stereocenters. The number of carbonyl (C=O) groups is 2. The first kappa shape index (κ1) is 19.3. The number of benzene rings is 1. The van der Waals surface area contributed by atoms with Crippen molar-refractivity contribution >= 4 is 28.8 Å². The molecule has 0 radical (unpaired) electrons. The number of aromatic nitrogens is 2. The molecule has 3 N–H and O–H groups in total. The summed E-state index contributed by atoms with van der Waals surface area (Å²) >= 11 is 0. The Morgan fingerprint density at radius 3 is 2.85 bits per heavy atom. The third-order valence-electron chi connectivity index (χ3n) is 3.42. The van der Waals surface area contributed by atoms with E-state index in [0.29, 0.717) is 17.9 Å². The highest BCUT2D eigenvalue weighted by Crippen LogP contribution is 2.26. The molecule has 2 amide bonds. The summed E-state index contributed by atoms with van der Waals surface area (Å²) in [6, 6.07) is 3.40. The minimum Gasteiger partial charge on any atom is -0.491 e. The van der Waals surface area contributed by atoms with E-state index < -0.39 is 5.91 Å². The first-order chi connectivity index (χ1) is 12.3. The van der Waals surface area contributed by atoms with Gasteiger partial charge in [0.15, 0.2) is 0 Å². The number of likely N-dealkylation sites (N-methyl/N-ethyl adjacent to an activating group) is 1. The first-order valence-corrected chi connectivity index (χ1v) is 8.13. The molecule has 1 aromatic heterocycles. The van der Waals surface area contributed by atoms with E-state index in [9.17, 15) is 9.59 Å². The summed E-state index contributed by atoms with van der Waals surface area (Å²) < 4.78 is 5.85. The minimum atomic E-state index is -0.551. The van der Waals surface area contributed by atoms with Crippen LogP contribution in [-0.2, 0) is 9.59 Å². The Labute approximate surface area is 152 Å². The topological polar surface area (TPSA) is 110 Å². The Bertz CT molecular complexity index is 820. The zero-order chi connectivity index (χ0) is 19.1. The van der Waals surface area contributed by atoms with E-state index in [4.69, 9.17) is 10.5 Å². The number of nitrogens with one attached hydrogen (secondary N) is 1. The Morgan fingerprint density at radius 1 is 1.38 bits per heavy atom. The van der Waals surface area contributed by atoms with Gasteiger partial charge in [-0.2, -0.15) is 0 Å². The number of rotatable bonds is 8. The van der Waals surface area contributed by atoms with Gasteiger partial charge in [0.1, 0.15) is 18.7 Å². The lowest BCUT2D eigenvalue weighted by Gasteiger charge is -2.18. The zero-order valence-electron chi connectivity index (χ0n) is 15.1. The van der Waals surface area contributed by atoms with Gasteiger partial charge in [0.05, 0.1) is 18.1 Å². The molecule has 1 heterocycles. The van der Waals surface area contributed by atoms with Crippen LogP contribution >= 0.6 is 0 Å². The second-order valence-electron chi connectivity index (χ2n) is 6.22. The van der Waals surface area contributed by atoms with Crippen molar-refractivity contribution in [3.8, 4) is 5.75 Å². The van der Waals surface area contributed by atoms with Gasteiger partial charge in [0.25, 0.3) is 0 Å². The van der Waals surface area contributed by atoms with Gasteiger partial charge in [0, 0.05) is 29.3 Å². The van der Waals surface area contributed by atoms with Gasteiger partial charge in [-0.15, -0.1) is 0 Å². The molecule has 0 aliphatic heterocycles. The number of nitrogens with two attached hydrogens (primary N) is 1. The summed E-state index contributed by atoms with van der Waals surface area (Å²) in [7, 11) is 3.66. The predicted octanol–water partition coefficient (Wildman–Crippen LogP) is 0.573. The molecule has 0 fully saturated rings. The molecule has 2 aromatic rings. The van der Waals surface area contributed by atoms with Gasteiger partial charge < -0.3 is 20.7 Å². The average Bonchev–Trinajstić information content (AvgIpc) is 2.56. The molecule has 8 nitrogen and oxygen atoms in total. The van der Waals surface area contributed by atoms with E-state index in [1.165, 1.54) is 12.4 Å². The fourth-order valence-electron chi connectivity index (χ4n) is 2.32. The Hall–Kier alpha value is -3.00. The van der Waals surface area contributed by atoms with Crippen LogP contribution in [0.25, 0.3) is 17.0 Å². The Kier molecular flexibility index (Phi) is 6.62. The van der Waals surface area contributed by atoms with Crippen molar-refractivity contribution in [2.75, 3.05) is 27.2 Å². The molecule has 0 saturated carbocycles. The van der Waals surface area contributed by atoms with E-state index >= 15 is 0 Å². The maximum atomic E-state index is 11.8. The van der Waals surface area contributed by atoms with Crippen molar-refractivity contribution in [1.29, 1.82) is 0 Å². The van der Waals surface area contributed by atoms with Crippen molar-refractivity contribution in [3.63, 3.8) is 0 Å². The number of primary amides is 1. The van der Waals surface area contributed by atoms with E-state index in [1.807, 2.05) is 27.1 Å². The predicted molar refractivity (Wildman–Crippen MR) is 99.4 cm³/mol. The van der Waals surface area contributed by atoms with Crippen molar-refractivity contribution < 1.29 is 14.3 Å². The lowest BCUT2D eigenvalue weighted by Crippen LogP contribution is -2.41. The molecule has 26 heavy (non-hydrogen) atoms. The summed E-state index contributed by atoms with van der Waals surface area (Å²) in [4.78, 5) is 32.8.